The van der Waals surface area contributed by atoms with Gasteiger partial charge in [0.25, 0.3) is 0 Å². The topological polar surface area (TPSA) is 72.9 Å². The molecule has 0 radical (unpaired) electrons. The van der Waals surface area contributed by atoms with E-state index >= 15 is 0 Å². The minimum Gasteiger partial charge on any atom is -0.481 e. The number of halogens is 1. The number of aryl methyl sites for hydroxylation is 1. The molecule has 142 valence electrons. The lowest BCUT2D eigenvalue weighted by molar-refractivity contribution is -0.136. The van der Waals surface area contributed by atoms with Gasteiger partial charge in [0.2, 0.25) is 0 Å². The third kappa shape index (κ3) is 4.52. The van der Waals surface area contributed by atoms with Crippen molar-refractivity contribution in [1.82, 2.24) is 10.2 Å². The van der Waals surface area contributed by atoms with Gasteiger partial charge in [0, 0.05) is 26.1 Å². The standard InChI is InChI=1S/C19H26FN3O3/c20-16-13-15(2-4-18(24)25)1-3-17(16)23-12-11-22(19(23)26)10-7-14-5-8-21-9-6-14/h1,3,13-14,21H,2,4-12H2,(H,24,25). The molecule has 1 aromatic rings. The molecule has 0 aromatic heterocycles. The van der Waals surface area contributed by atoms with Crippen molar-refractivity contribution in [3.8, 4) is 0 Å². The highest BCUT2D eigenvalue weighted by molar-refractivity contribution is 5.94. The van der Waals surface area contributed by atoms with Gasteiger partial charge >= 0.3 is 12.0 Å². The first kappa shape index (κ1) is 18.6. The van der Waals surface area contributed by atoms with E-state index in [1.54, 1.807) is 17.0 Å². The molecule has 2 amide bonds. The van der Waals surface area contributed by atoms with Crippen LogP contribution >= 0.6 is 0 Å². The number of hydrogen-bond donors (Lipinski definition) is 2. The summed E-state index contributed by atoms with van der Waals surface area (Å²) in [5.74, 6) is -0.724. The lowest BCUT2D eigenvalue weighted by Crippen LogP contribution is -2.35. The Balaban J connectivity index is 1.57. The Morgan fingerprint density at radius 2 is 2.04 bits per heavy atom. The van der Waals surface area contributed by atoms with Crippen molar-refractivity contribution in [2.45, 2.75) is 32.1 Å². The summed E-state index contributed by atoms with van der Waals surface area (Å²) in [4.78, 5) is 26.5. The molecule has 2 heterocycles. The maximum Gasteiger partial charge on any atom is 0.324 e. The third-order valence-electron chi connectivity index (χ3n) is 5.29. The van der Waals surface area contributed by atoms with Gasteiger partial charge in [-0.05, 0) is 62.4 Å². The number of piperidine rings is 1. The number of amides is 2. The smallest absolute Gasteiger partial charge is 0.324 e. The number of hydrogen-bond acceptors (Lipinski definition) is 3. The molecule has 26 heavy (non-hydrogen) atoms. The fourth-order valence-electron chi connectivity index (χ4n) is 3.70. The normalized spacial score (nSPS) is 18.6. The number of carbonyl (C=O) groups excluding carboxylic acids is 1. The maximum atomic E-state index is 14.4. The van der Waals surface area contributed by atoms with Gasteiger partial charge in [-0.1, -0.05) is 6.07 Å². The van der Waals surface area contributed by atoms with Crippen molar-refractivity contribution < 1.29 is 19.1 Å². The molecule has 1 aromatic carbocycles. The Morgan fingerprint density at radius 3 is 2.73 bits per heavy atom. The highest BCUT2D eigenvalue weighted by atomic mass is 19.1. The van der Waals surface area contributed by atoms with Gasteiger partial charge in [-0.2, -0.15) is 0 Å². The number of rotatable bonds is 7. The minimum absolute atomic E-state index is 0.0358. The van der Waals surface area contributed by atoms with Crippen LogP contribution in [0.15, 0.2) is 18.2 Å². The van der Waals surface area contributed by atoms with Crippen molar-refractivity contribution in [2.75, 3.05) is 37.6 Å². The van der Waals surface area contributed by atoms with Crippen LogP contribution in [0.25, 0.3) is 0 Å². The number of benzene rings is 1. The molecule has 0 unspecified atom stereocenters. The molecular weight excluding hydrogens is 337 g/mol. The zero-order chi connectivity index (χ0) is 18.5. The second kappa shape index (κ2) is 8.49. The van der Waals surface area contributed by atoms with Crippen LogP contribution in [0.2, 0.25) is 0 Å². The number of carboxylic acid groups (broad SMARTS) is 1. The molecule has 0 bridgehead atoms. The van der Waals surface area contributed by atoms with Crippen molar-refractivity contribution in [3.05, 3.63) is 29.6 Å². The van der Waals surface area contributed by atoms with E-state index in [1.807, 2.05) is 0 Å². The van der Waals surface area contributed by atoms with Crippen LogP contribution < -0.4 is 10.2 Å². The molecule has 2 aliphatic heterocycles. The number of carbonyl (C=O) groups is 2. The van der Waals surface area contributed by atoms with Crippen LogP contribution in [0.3, 0.4) is 0 Å². The second-order valence-electron chi connectivity index (χ2n) is 7.08. The second-order valence-corrected chi connectivity index (χ2v) is 7.08. The van der Waals surface area contributed by atoms with E-state index < -0.39 is 11.8 Å². The van der Waals surface area contributed by atoms with Gasteiger partial charge < -0.3 is 15.3 Å². The van der Waals surface area contributed by atoms with E-state index in [1.165, 1.54) is 11.0 Å². The van der Waals surface area contributed by atoms with Gasteiger partial charge in [0.15, 0.2) is 0 Å². The molecule has 6 nitrogen and oxygen atoms in total. The molecule has 2 fully saturated rings. The maximum absolute atomic E-state index is 14.4. The summed E-state index contributed by atoms with van der Waals surface area (Å²) < 4.78 is 14.4. The zero-order valence-electron chi connectivity index (χ0n) is 14.9. The summed E-state index contributed by atoms with van der Waals surface area (Å²) >= 11 is 0. The lowest BCUT2D eigenvalue weighted by atomic mass is 9.94. The number of carboxylic acids is 1. The average molecular weight is 363 g/mol. The van der Waals surface area contributed by atoms with E-state index in [9.17, 15) is 14.0 Å². The third-order valence-corrected chi connectivity index (χ3v) is 5.29. The number of aliphatic carboxylic acids is 1. The largest absolute Gasteiger partial charge is 0.481 e. The van der Waals surface area contributed by atoms with E-state index in [2.05, 4.69) is 5.32 Å². The van der Waals surface area contributed by atoms with E-state index in [4.69, 9.17) is 5.11 Å². The van der Waals surface area contributed by atoms with Crippen LogP contribution in [-0.4, -0.2) is 54.7 Å². The quantitative estimate of drug-likeness (QED) is 0.781. The Morgan fingerprint density at radius 1 is 1.27 bits per heavy atom. The Labute approximate surface area is 153 Å². The fourth-order valence-corrected chi connectivity index (χ4v) is 3.70. The molecule has 0 spiro atoms. The summed E-state index contributed by atoms with van der Waals surface area (Å²) in [6, 6.07) is 4.48. The van der Waals surface area contributed by atoms with Crippen LogP contribution in [0.5, 0.6) is 0 Å². The van der Waals surface area contributed by atoms with Crippen molar-refractivity contribution >= 4 is 17.7 Å². The summed E-state index contributed by atoms with van der Waals surface area (Å²) in [5.41, 5.74) is 0.904. The molecule has 2 aliphatic rings. The van der Waals surface area contributed by atoms with Gasteiger partial charge in [-0.15, -0.1) is 0 Å². The molecule has 0 saturated carbocycles. The van der Waals surface area contributed by atoms with Crippen LogP contribution in [0.1, 0.15) is 31.2 Å². The van der Waals surface area contributed by atoms with Gasteiger partial charge in [-0.3, -0.25) is 9.69 Å². The SMILES string of the molecule is O=C(O)CCc1ccc(N2CCN(CCC3CCNCC3)C2=O)c(F)c1. The Hall–Kier alpha value is -2.15. The molecule has 0 aliphatic carbocycles. The Bertz CT molecular complexity index is 661. The number of nitrogens with one attached hydrogen (secondary N) is 1. The number of urea groups is 1. The molecule has 2 saturated heterocycles. The molecular formula is C19H26FN3O3. The van der Waals surface area contributed by atoms with Crippen molar-refractivity contribution in [3.63, 3.8) is 0 Å². The van der Waals surface area contributed by atoms with E-state index in [-0.39, 0.29) is 24.6 Å². The van der Waals surface area contributed by atoms with E-state index in [0.717, 1.165) is 38.9 Å². The molecule has 3 rings (SSSR count). The van der Waals surface area contributed by atoms with Crippen LogP contribution in [0.4, 0.5) is 14.9 Å². The van der Waals surface area contributed by atoms with Gasteiger partial charge in [0.1, 0.15) is 5.82 Å². The van der Waals surface area contributed by atoms with E-state index in [0.29, 0.717) is 24.6 Å². The molecule has 2 N–H and O–H groups in total. The predicted octanol–water partition coefficient (Wildman–Crippen LogP) is 2.47. The first-order valence-corrected chi connectivity index (χ1v) is 9.32. The van der Waals surface area contributed by atoms with Crippen molar-refractivity contribution in [1.29, 1.82) is 0 Å². The monoisotopic (exact) mass is 363 g/mol. The number of nitrogens with zero attached hydrogens (tertiary/aromatic N) is 2. The molecule has 0 atom stereocenters. The average Bonchev–Trinajstić information content (AvgIpc) is 3.00. The van der Waals surface area contributed by atoms with Gasteiger partial charge in [0.05, 0.1) is 5.69 Å². The summed E-state index contributed by atoms with van der Waals surface area (Å²) in [6.07, 6.45) is 3.54. The molecule has 7 heteroatoms. The minimum atomic E-state index is -0.909. The highest BCUT2D eigenvalue weighted by Gasteiger charge is 2.31. The summed E-state index contributed by atoms with van der Waals surface area (Å²) in [7, 11) is 0. The highest BCUT2D eigenvalue weighted by Crippen LogP contribution is 2.26. The number of anilines is 1. The first-order valence-electron chi connectivity index (χ1n) is 9.32. The predicted molar refractivity (Wildman–Crippen MR) is 96.9 cm³/mol. The van der Waals surface area contributed by atoms with Crippen LogP contribution in [0, 0.1) is 11.7 Å². The van der Waals surface area contributed by atoms with Crippen molar-refractivity contribution in [2.24, 2.45) is 5.92 Å². The Kier molecular flexibility index (Phi) is 6.08. The fraction of sp³-hybridized carbons (Fsp3) is 0.579. The van der Waals surface area contributed by atoms with Crippen LogP contribution in [-0.2, 0) is 11.2 Å². The summed E-state index contributed by atoms with van der Waals surface area (Å²) in [6.45, 7) is 3.91. The summed E-state index contributed by atoms with van der Waals surface area (Å²) in [5, 5.41) is 12.1. The first-order chi connectivity index (χ1) is 12.5. The van der Waals surface area contributed by atoms with Gasteiger partial charge in [-0.25, -0.2) is 9.18 Å². The zero-order valence-corrected chi connectivity index (χ0v) is 14.9. The lowest BCUT2D eigenvalue weighted by Gasteiger charge is -2.25.